The van der Waals surface area contributed by atoms with Crippen molar-refractivity contribution in [3.63, 3.8) is 0 Å². The summed E-state index contributed by atoms with van der Waals surface area (Å²) in [5, 5.41) is 3.77. The summed E-state index contributed by atoms with van der Waals surface area (Å²) in [6.07, 6.45) is 1.84. The standard InChI is InChI=1S/C15H13N/c1-10-6-13-8-12-4-3-5-16-15(12)9-14(13)7-11(10)2/h3-9H,1-2H3. The first-order valence-corrected chi connectivity index (χ1v) is 5.50. The lowest BCUT2D eigenvalue weighted by Gasteiger charge is -2.05. The van der Waals surface area contributed by atoms with Gasteiger partial charge in [-0.1, -0.05) is 18.2 Å². The SMILES string of the molecule is Cc1cc2cc3cccnc3cc2cc1C. The zero-order valence-corrected chi connectivity index (χ0v) is 9.49. The number of fused-ring (bicyclic) bond motifs is 2. The highest BCUT2D eigenvalue weighted by molar-refractivity contribution is 5.96. The maximum atomic E-state index is 4.38. The van der Waals surface area contributed by atoms with Crippen LogP contribution in [-0.4, -0.2) is 4.98 Å². The molecule has 0 aliphatic carbocycles. The van der Waals surface area contributed by atoms with Crippen LogP contribution in [0.3, 0.4) is 0 Å². The van der Waals surface area contributed by atoms with Gasteiger partial charge in [0.2, 0.25) is 0 Å². The Labute approximate surface area is 94.7 Å². The van der Waals surface area contributed by atoms with Crippen LogP contribution in [0, 0.1) is 13.8 Å². The molecule has 1 nitrogen and oxygen atoms in total. The van der Waals surface area contributed by atoms with Crippen molar-refractivity contribution in [2.24, 2.45) is 0 Å². The Bertz CT molecular complexity index is 623. The lowest BCUT2D eigenvalue weighted by molar-refractivity contribution is 1.36. The molecule has 1 aromatic heterocycles. The Morgan fingerprint density at radius 2 is 1.50 bits per heavy atom. The summed E-state index contributed by atoms with van der Waals surface area (Å²) < 4.78 is 0. The van der Waals surface area contributed by atoms with Crippen LogP contribution in [0.1, 0.15) is 11.1 Å². The van der Waals surface area contributed by atoms with Gasteiger partial charge in [-0.25, -0.2) is 0 Å². The van der Waals surface area contributed by atoms with Crippen LogP contribution in [0.4, 0.5) is 0 Å². The Balaban J connectivity index is 2.46. The number of hydrogen-bond acceptors (Lipinski definition) is 1. The van der Waals surface area contributed by atoms with Crippen LogP contribution < -0.4 is 0 Å². The first-order chi connectivity index (χ1) is 7.74. The molecule has 0 aliphatic rings. The van der Waals surface area contributed by atoms with Crippen molar-refractivity contribution < 1.29 is 0 Å². The monoisotopic (exact) mass is 207 g/mol. The summed E-state index contributed by atoms with van der Waals surface area (Å²) in [6, 6.07) is 12.9. The molecule has 16 heavy (non-hydrogen) atoms. The van der Waals surface area contributed by atoms with Gasteiger partial charge in [0.15, 0.2) is 0 Å². The number of hydrogen-bond donors (Lipinski definition) is 0. The van der Waals surface area contributed by atoms with Crippen molar-refractivity contribution in [2.45, 2.75) is 13.8 Å². The smallest absolute Gasteiger partial charge is 0.0708 e. The number of rotatable bonds is 0. The molecule has 0 fully saturated rings. The molecule has 0 atom stereocenters. The molecule has 3 aromatic rings. The van der Waals surface area contributed by atoms with Gasteiger partial charge < -0.3 is 0 Å². The molecular weight excluding hydrogens is 194 g/mol. The van der Waals surface area contributed by atoms with Crippen molar-refractivity contribution in [3.05, 3.63) is 53.7 Å². The molecule has 1 heteroatoms. The predicted molar refractivity (Wildman–Crippen MR) is 68.7 cm³/mol. The second-order valence-corrected chi connectivity index (χ2v) is 4.33. The van der Waals surface area contributed by atoms with E-state index in [4.69, 9.17) is 0 Å². The summed E-state index contributed by atoms with van der Waals surface area (Å²) in [5.74, 6) is 0. The molecule has 0 spiro atoms. The van der Waals surface area contributed by atoms with E-state index in [-0.39, 0.29) is 0 Å². The predicted octanol–water partition coefficient (Wildman–Crippen LogP) is 4.00. The van der Waals surface area contributed by atoms with Crippen LogP contribution in [0.2, 0.25) is 0 Å². The van der Waals surface area contributed by atoms with E-state index in [0.717, 1.165) is 5.52 Å². The van der Waals surface area contributed by atoms with Gasteiger partial charge in [0.05, 0.1) is 5.52 Å². The highest BCUT2D eigenvalue weighted by Gasteiger charge is 2.00. The molecule has 0 amide bonds. The largest absolute Gasteiger partial charge is 0.256 e. The maximum absolute atomic E-state index is 4.38. The van der Waals surface area contributed by atoms with Crippen molar-refractivity contribution >= 4 is 21.7 Å². The van der Waals surface area contributed by atoms with Gasteiger partial charge in [-0.3, -0.25) is 4.98 Å². The van der Waals surface area contributed by atoms with Crippen LogP contribution in [0.25, 0.3) is 21.7 Å². The number of pyridine rings is 1. The van der Waals surface area contributed by atoms with E-state index in [1.807, 2.05) is 12.3 Å². The van der Waals surface area contributed by atoms with Crippen LogP contribution in [-0.2, 0) is 0 Å². The number of nitrogens with zero attached hydrogens (tertiary/aromatic N) is 1. The molecule has 78 valence electrons. The van der Waals surface area contributed by atoms with Crippen LogP contribution in [0.5, 0.6) is 0 Å². The molecule has 2 aromatic carbocycles. The minimum atomic E-state index is 1.07. The van der Waals surface area contributed by atoms with Gasteiger partial charge in [0, 0.05) is 11.6 Å². The highest BCUT2D eigenvalue weighted by atomic mass is 14.6. The number of aromatic nitrogens is 1. The summed E-state index contributed by atoms with van der Waals surface area (Å²) in [5.41, 5.74) is 3.75. The van der Waals surface area contributed by atoms with Crippen LogP contribution >= 0.6 is 0 Å². The molecule has 0 N–H and O–H groups in total. The van der Waals surface area contributed by atoms with Gasteiger partial charge in [0.1, 0.15) is 0 Å². The fourth-order valence-corrected chi connectivity index (χ4v) is 2.10. The van der Waals surface area contributed by atoms with Crippen molar-refractivity contribution in [2.75, 3.05) is 0 Å². The molecule has 0 saturated carbocycles. The van der Waals surface area contributed by atoms with E-state index >= 15 is 0 Å². The Kier molecular flexibility index (Phi) is 1.93. The normalized spacial score (nSPS) is 11.1. The topological polar surface area (TPSA) is 12.9 Å². The zero-order chi connectivity index (χ0) is 11.1. The average Bonchev–Trinajstić information content (AvgIpc) is 2.28. The van der Waals surface area contributed by atoms with Crippen LogP contribution in [0.15, 0.2) is 42.6 Å². The molecule has 3 rings (SSSR count). The molecular formula is C15H13N. The third-order valence-corrected chi connectivity index (χ3v) is 3.17. The molecule has 0 saturated heterocycles. The second-order valence-electron chi connectivity index (χ2n) is 4.33. The van der Waals surface area contributed by atoms with Gasteiger partial charge in [0.25, 0.3) is 0 Å². The van der Waals surface area contributed by atoms with Gasteiger partial charge in [-0.2, -0.15) is 0 Å². The highest BCUT2D eigenvalue weighted by Crippen LogP contribution is 2.24. The van der Waals surface area contributed by atoms with E-state index in [1.165, 1.54) is 27.3 Å². The quantitative estimate of drug-likeness (QED) is 0.508. The Hall–Kier alpha value is -1.89. The van der Waals surface area contributed by atoms with E-state index in [0.29, 0.717) is 0 Å². The third kappa shape index (κ3) is 1.36. The van der Waals surface area contributed by atoms with Gasteiger partial charge >= 0.3 is 0 Å². The first-order valence-electron chi connectivity index (χ1n) is 5.50. The molecule has 0 radical (unpaired) electrons. The van der Waals surface area contributed by atoms with E-state index in [9.17, 15) is 0 Å². The fourth-order valence-electron chi connectivity index (χ4n) is 2.10. The zero-order valence-electron chi connectivity index (χ0n) is 9.49. The van der Waals surface area contributed by atoms with E-state index in [2.05, 4.69) is 49.2 Å². The summed E-state index contributed by atoms with van der Waals surface area (Å²) >= 11 is 0. The van der Waals surface area contributed by atoms with Gasteiger partial charge in [-0.15, -0.1) is 0 Å². The molecule has 0 aliphatic heterocycles. The maximum Gasteiger partial charge on any atom is 0.0708 e. The van der Waals surface area contributed by atoms with Crippen molar-refractivity contribution in [3.8, 4) is 0 Å². The first kappa shape index (κ1) is 9.34. The van der Waals surface area contributed by atoms with Crippen molar-refractivity contribution in [1.82, 2.24) is 4.98 Å². The Morgan fingerprint density at radius 1 is 0.812 bits per heavy atom. The molecule has 1 heterocycles. The second kappa shape index (κ2) is 3.31. The van der Waals surface area contributed by atoms with Crippen molar-refractivity contribution in [1.29, 1.82) is 0 Å². The minimum Gasteiger partial charge on any atom is -0.256 e. The minimum absolute atomic E-state index is 1.07. The lowest BCUT2D eigenvalue weighted by atomic mass is 10.0. The summed E-state index contributed by atoms with van der Waals surface area (Å²) in [6.45, 7) is 4.31. The summed E-state index contributed by atoms with van der Waals surface area (Å²) in [7, 11) is 0. The number of benzene rings is 2. The summed E-state index contributed by atoms with van der Waals surface area (Å²) in [4.78, 5) is 4.38. The number of aryl methyl sites for hydroxylation is 2. The van der Waals surface area contributed by atoms with E-state index in [1.54, 1.807) is 0 Å². The third-order valence-electron chi connectivity index (χ3n) is 3.17. The Morgan fingerprint density at radius 3 is 2.25 bits per heavy atom. The lowest BCUT2D eigenvalue weighted by Crippen LogP contribution is -1.84. The van der Waals surface area contributed by atoms with E-state index < -0.39 is 0 Å². The van der Waals surface area contributed by atoms with Gasteiger partial charge in [-0.05, 0) is 53.9 Å². The average molecular weight is 207 g/mol. The molecule has 0 unspecified atom stereocenters. The fraction of sp³-hybridized carbons (Fsp3) is 0.133. The molecule has 0 bridgehead atoms.